The molecule has 0 heterocycles. The fourth-order valence-electron chi connectivity index (χ4n) is 2.86. The lowest BCUT2D eigenvalue weighted by atomic mass is 10.1. The first kappa shape index (κ1) is 21.9. The normalized spacial score (nSPS) is 10.8. The van der Waals surface area contributed by atoms with Gasteiger partial charge < -0.3 is 14.8 Å². The molecule has 0 aliphatic carbocycles. The molecule has 156 valence electrons. The molecule has 6 heteroatoms. The Morgan fingerprint density at radius 3 is 2.55 bits per heavy atom. The average molecular weight is 433 g/mol. The first-order valence-corrected chi connectivity index (χ1v) is 9.92. The van der Waals surface area contributed by atoms with Crippen LogP contribution in [0.4, 0.5) is 5.69 Å². The van der Waals surface area contributed by atoms with Gasteiger partial charge in [-0.3, -0.25) is 4.79 Å². The van der Waals surface area contributed by atoms with Crippen molar-refractivity contribution in [2.75, 3.05) is 12.4 Å². The number of nitrogens with zero attached hydrogens (tertiary/aromatic N) is 1. The molecule has 3 rings (SSSR count). The molecule has 0 aliphatic rings. The molecule has 0 saturated carbocycles. The summed E-state index contributed by atoms with van der Waals surface area (Å²) < 4.78 is 11.0. The van der Waals surface area contributed by atoms with Crippen LogP contribution in [0.15, 0.2) is 72.3 Å². The van der Waals surface area contributed by atoms with Crippen molar-refractivity contribution in [1.82, 2.24) is 0 Å². The molecule has 0 bridgehead atoms. The third-order valence-electron chi connectivity index (χ3n) is 4.51. The van der Waals surface area contributed by atoms with Gasteiger partial charge in [0.2, 0.25) is 0 Å². The zero-order valence-corrected chi connectivity index (χ0v) is 17.9. The van der Waals surface area contributed by atoms with Gasteiger partial charge in [-0.1, -0.05) is 48.0 Å². The maximum atomic E-state index is 12.6. The summed E-state index contributed by atoms with van der Waals surface area (Å²) in [6, 6.07) is 22.0. The number of nitriles is 1. The molecule has 0 spiro atoms. The summed E-state index contributed by atoms with van der Waals surface area (Å²) in [6.45, 7) is 2.25. The molecule has 0 aromatic heterocycles. The van der Waals surface area contributed by atoms with E-state index in [-0.39, 0.29) is 5.57 Å². The lowest BCUT2D eigenvalue weighted by molar-refractivity contribution is -0.112. The van der Waals surface area contributed by atoms with E-state index in [2.05, 4.69) is 5.32 Å². The van der Waals surface area contributed by atoms with Gasteiger partial charge in [0.05, 0.1) is 12.8 Å². The van der Waals surface area contributed by atoms with E-state index in [1.54, 1.807) is 36.4 Å². The minimum atomic E-state index is -0.509. The van der Waals surface area contributed by atoms with Gasteiger partial charge in [0.25, 0.3) is 5.91 Å². The predicted octanol–water partition coefficient (Wildman–Crippen LogP) is 5.78. The van der Waals surface area contributed by atoms with Crippen molar-refractivity contribution < 1.29 is 14.3 Å². The van der Waals surface area contributed by atoms with Gasteiger partial charge in [0, 0.05) is 10.6 Å². The summed E-state index contributed by atoms with van der Waals surface area (Å²) in [4.78, 5) is 12.6. The van der Waals surface area contributed by atoms with E-state index in [0.29, 0.717) is 34.4 Å². The number of amides is 1. The summed E-state index contributed by atoms with van der Waals surface area (Å²) in [6.07, 6.45) is 1.52. The van der Waals surface area contributed by atoms with Crippen molar-refractivity contribution in [1.29, 1.82) is 5.26 Å². The Kier molecular flexibility index (Phi) is 7.31. The van der Waals surface area contributed by atoms with Gasteiger partial charge in [0.15, 0.2) is 0 Å². The number of carbonyl (C=O) groups excluding carboxylic acids is 1. The summed E-state index contributed by atoms with van der Waals surface area (Å²) >= 11 is 6.14. The lowest BCUT2D eigenvalue weighted by Crippen LogP contribution is -2.14. The number of nitrogens with one attached hydrogen (secondary N) is 1. The van der Waals surface area contributed by atoms with Crippen LogP contribution in [0.5, 0.6) is 11.5 Å². The summed E-state index contributed by atoms with van der Waals surface area (Å²) in [5.41, 5.74) is 3.05. The van der Waals surface area contributed by atoms with Gasteiger partial charge in [-0.2, -0.15) is 5.26 Å². The molecule has 0 unspecified atom stereocenters. The van der Waals surface area contributed by atoms with E-state index in [1.807, 2.05) is 43.3 Å². The number of benzene rings is 3. The quantitative estimate of drug-likeness (QED) is 0.379. The number of anilines is 1. The maximum Gasteiger partial charge on any atom is 0.266 e. The van der Waals surface area contributed by atoms with Crippen molar-refractivity contribution in [3.8, 4) is 17.6 Å². The van der Waals surface area contributed by atoms with Crippen LogP contribution in [-0.4, -0.2) is 13.0 Å². The number of methoxy groups -OCH3 is 1. The van der Waals surface area contributed by atoms with Crippen LogP contribution in [0, 0.1) is 18.3 Å². The minimum Gasteiger partial charge on any atom is -0.495 e. The van der Waals surface area contributed by atoms with Crippen molar-refractivity contribution in [3.05, 3.63) is 94.0 Å². The number of aryl methyl sites for hydroxylation is 1. The first-order chi connectivity index (χ1) is 15.0. The molecule has 0 saturated heterocycles. The maximum absolute atomic E-state index is 12.6. The van der Waals surface area contributed by atoms with Crippen molar-refractivity contribution in [2.45, 2.75) is 13.5 Å². The molecule has 3 aromatic carbocycles. The molecule has 3 aromatic rings. The van der Waals surface area contributed by atoms with E-state index in [9.17, 15) is 10.1 Å². The highest BCUT2D eigenvalue weighted by atomic mass is 35.5. The molecule has 1 N–H and O–H groups in total. The third kappa shape index (κ3) is 5.88. The van der Waals surface area contributed by atoms with E-state index in [4.69, 9.17) is 21.1 Å². The first-order valence-electron chi connectivity index (χ1n) is 9.54. The van der Waals surface area contributed by atoms with Crippen LogP contribution < -0.4 is 14.8 Å². The highest BCUT2D eigenvalue weighted by molar-refractivity contribution is 6.31. The van der Waals surface area contributed by atoms with Crippen molar-refractivity contribution in [3.63, 3.8) is 0 Å². The van der Waals surface area contributed by atoms with Crippen molar-refractivity contribution >= 4 is 29.3 Å². The topological polar surface area (TPSA) is 71.3 Å². The fraction of sp³-hybridized carbons (Fsp3) is 0.120. The highest BCUT2D eigenvalue weighted by Crippen LogP contribution is 2.26. The van der Waals surface area contributed by atoms with Gasteiger partial charge >= 0.3 is 0 Å². The number of ether oxygens (including phenoxy) is 2. The Labute approximate surface area is 186 Å². The number of hydrogen-bond acceptors (Lipinski definition) is 4. The Balaban J connectivity index is 1.69. The lowest BCUT2D eigenvalue weighted by Gasteiger charge is -2.10. The minimum absolute atomic E-state index is 0.0201. The molecule has 0 radical (unpaired) electrons. The molecule has 0 aliphatic heterocycles. The molecule has 1 amide bonds. The second-order valence-corrected chi connectivity index (χ2v) is 7.18. The SMILES string of the molecule is COc1ccc(C)cc1NC(=O)/C(C#N)=C/c1ccc(OCc2ccccc2Cl)cc1. The van der Waals surface area contributed by atoms with Crippen molar-refractivity contribution in [2.24, 2.45) is 0 Å². The third-order valence-corrected chi connectivity index (χ3v) is 4.88. The van der Waals surface area contributed by atoms with Crippen LogP contribution in [0.25, 0.3) is 6.08 Å². The zero-order valence-electron chi connectivity index (χ0n) is 17.2. The summed E-state index contributed by atoms with van der Waals surface area (Å²) in [5.74, 6) is 0.672. The zero-order chi connectivity index (χ0) is 22.2. The monoisotopic (exact) mass is 432 g/mol. The second-order valence-electron chi connectivity index (χ2n) is 6.78. The molecular formula is C25H21ClN2O3. The molecular weight excluding hydrogens is 412 g/mol. The number of hydrogen-bond donors (Lipinski definition) is 1. The standard InChI is InChI=1S/C25H21ClN2O3/c1-17-7-12-24(30-2)23(13-17)28-25(29)20(15-27)14-18-8-10-21(11-9-18)31-16-19-5-3-4-6-22(19)26/h3-14H,16H2,1-2H3,(H,28,29)/b20-14+. The van der Waals surface area contributed by atoms with Gasteiger partial charge in [0.1, 0.15) is 29.7 Å². The Morgan fingerprint density at radius 1 is 1.13 bits per heavy atom. The highest BCUT2D eigenvalue weighted by Gasteiger charge is 2.13. The average Bonchev–Trinajstić information content (AvgIpc) is 2.78. The molecule has 0 fully saturated rings. The predicted molar refractivity (Wildman–Crippen MR) is 122 cm³/mol. The van der Waals surface area contributed by atoms with Crippen LogP contribution in [0.2, 0.25) is 5.02 Å². The van der Waals surface area contributed by atoms with Crippen LogP contribution >= 0.6 is 11.6 Å². The molecule has 31 heavy (non-hydrogen) atoms. The number of carbonyl (C=O) groups is 1. The Morgan fingerprint density at radius 2 is 1.87 bits per heavy atom. The fourth-order valence-corrected chi connectivity index (χ4v) is 3.05. The van der Waals surface area contributed by atoms with Crippen LogP contribution in [0.1, 0.15) is 16.7 Å². The van der Waals surface area contributed by atoms with Crippen LogP contribution in [0.3, 0.4) is 0 Å². The Hall–Kier alpha value is -3.75. The number of halogens is 1. The van der Waals surface area contributed by atoms with Gasteiger partial charge in [-0.15, -0.1) is 0 Å². The van der Waals surface area contributed by atoms with Gasteiger partial charge in [-0.05, 0) is 54.5 Å². The second kappa shape index (κ2) is 10.3. The molecule has 5 nitrogen and oxygen atoms in total. The smallest absolute Gasteiger partial charge is 0.266 e. The van der Waals surface area contributed by atoms with E-state index < -0.39 is 5.91 Å². The van der Waals surface area contributed by atoms with Gasteiger partial charge in [-0.25, -0.2) is 0 Å². The largest absolute Gasteiger partial charge is 0.495 e. The summed E-state index contributed by atoms with van der Waals surface area (Å²) in [7, 11) is 1.52. The van der Waals surface area contributed by atoms with E-state index in [0.717, 1.165) is 11.1 Å². The number of rotatable bonds is 7. The van der Waals surface area contributed by atoms with E-state index in [1.165, 1.54) is 13.2 Å². The van der Waals surface area contributed by atoms with E-state index >= 15 is 0 Å². The molecule has 0 atom stereocenters. The Bertz CT molecular complexity index is 1150. The summed E-state index contributed by atoms with van der Waals surface area (Å²) in [5, 5.41) is 12.8. The van der Waals surface area contributed by atoms with Crippen LogP contribution in [-0.2, 0) is 11.4 Å².